The number of benzene rings is 1. The molecule has 82 valence electrons. The van der Waals surface area contributed by atoms with Crippen molar-refractivity contribution in [1.29, 1.82) is 0 Å². The molecular formula is C12H12ClN3. The van der Waals surface area contributed by atoms with Crippen LogP contribution in [0.3, 0.4) is 0 Å². The molecule has 0 aliphatic carbocycles. The first-order chi connectivity index (χ1) is 7.75. The first kappa shape index (κ1) is 11.0. The van der Waals surface area contributed by atoms with Crippen LogP contribution in [0.5, 0.6) is 0 Å². The van der Waals surface area contributed by atoms with E-state index in [4.69, 9.17) is 17.3 Å². The third-order valence-electron chi connectivity index (χ3n) is 2.33. The standard InChI is InChI=1S/C12H12ClN3/c13-10-3-1-9(2-4-10)7-11(14)12-8-15-5-6-16-12/h1-6,8,11H,7,14H2. The van der Waals surface area contributed by atoms with Gasteiger partial charge in [0.1, 0.15) is 0 Å². The fourth-order valence-electron chi connectivity index (χ4n) is 1.48. The van der Waals surface area contributed by atoms with Crippen LogP contribution in [0.25, 0.3) is 0 Å². The van der Waals surface area contributed by atoms with E-state index in [0.29, 0.717) is 0 Å². The molecule has 2 aromatic rings. The van der Waals surface area contributed by atoms with Crippen molar-refractivity contribution in [2.75, 3.05) is 0 Å². The van der Waals surface area contributed by atoms with Crippen LogP contribution in [-0.4, -0.2) is 9.97 Å². The van der Waals surface area contributed by atoms with Crippen LogP contribution < -0.4 is 5.73 Å². The predicted octanol–water partition coefficient (Wildman–Crippen LogP) is 2.37. The molecule has 1 aromatic heterocycles. The van der Waals surface area contributed by atoms with E-state index in [1.165, 1.54) is 0 Å². The lowest BCUT2D eigenvalue weighted by Crippen LogP contribution is -2.14. The molecule has 0 saturated carbocycles. The molecule has 0 amide bonds. The Balaban J connectivity index is 2.08. The summed E-state index contributed by atoms with van der Waals surface area (Å²) < 4.78 is 0. The first-order valence-corrected chi connectivity index (χ1v) is 5.39. The Morgan fingerprint density at radius 1 is 1.19 bits per heavy atom. The van der Waals surface area contributed by atoms with Crippen LogP contribution in [0.1, 0.15) is 17.3 Å². The highest BCUT2D eigenvalue weighted by Crippen LogP contribution is 2.15. The van der Waals surface area contributed by atoms with Crippen molar-refractivity contribution >= 4 is 11.6 Å². The maximum atomic E-state index is 6.03. The second-order valence-corrected chi connectivity index (χ2v) is 4.00. The Hall–Kier alpha value is -1.45. The van der Waals surface area contributed by atoms with Gasteiger partial charge in [0.2, 0.25) is 0 Å². The molecular weight excluding hydrogens is 222 g/mol. The van der Waals surface area contributed by atoms with E-state index < -0.39 is 0 Å². The summed E-state index contributed by atoms with van der Waals surface area (Å²) in [7, 11) is 0. The molecule has 0 bridgehead atoms. The average molecular weight is 234 g/mol. The van der Waals surface area contributed by atoms with E-state index >= 15 is 0 Å². The molecule has 0 fully saturated rings. The van der Waals surface area contributed by atoms with Crippen molar-refractivity contribution in [2.24, 2.45) is 5.73 Å². The Labute approximate surface area is 99.3 Å². The van der Waals surface area contributed by atoms with Crippen LogP contribution in [0, 0.1) is 0 Å². The number of hydrogen-bond donors (Lipinski definition) is 1. The normalized spacial score (nSPS) is 12.4. The van der Waals surface area contributed by atoms with Gasteiger partial charge in [-0.25, -0.2) is 0 Å². The fourth-order valence-corrected chi connectivity index (χ4v) is 1.61. The van der Waals surface area contributed by atoms with Gasteiger partial charge in [-0.3, -0.25) is 9.97 Å². The Morgan fingerprint density at radius 2 is 1.94 bits per heavy atom. The molecule has 0 radical (unpaired) electrons. The Morgan fingerprint density at radius 3 is 2.56 bits per heavy atom. The Bertz CT molecular complexity index is 442. The van der Waals surface area contributed by atoms with Crippen LogP contribution in [-0.2, 0) is 6.42 Å². The minimum atomic E-state index is -0.130. The molecule has 1 atom stereocenters. The number of rotatable bonds is 3. The molecule has 16 heavy (non-hydrogen) atoms. The summed E-state index contributed by atoms with van der Waals surface area (Å²) in [6, 6.07) is 7.53. The van der Waals surface area contributed by atoms with Gasteiger partial charge in [-0.05, 0) is 24.1 Å². The first-order valence-electron chi connectivity index (χ1n) is 5.01. The van der Waals surface area contributed by atoms with Gasteiger partial charge in [-0.1, -0.05) is 23.7 Å². The smallest absolute Gasteiger partial charge is 0.0757 e. The summed E-state index contributed by atoms with van der Waals surface area (Å²) in [6.45, 7) is 0. The van der Waals surface area contributed by atoms with E-state index in [1.54, 1.807) is 18.6 Å². The quantitative estimate of drug-likeness (QED) is 0.886. The molecule has 0 spiro atoms. The number of nitrogens with zero attached hydrogens (tertiary/aromatic N) is 2. The van der Waals surface area contributed by atoms with E-state index in [1.807, 2.05) is 24.3 Å². The molecule has 1 unspecified atom stereocenters. The van der Waals surface area contributed by atoms with Gasteiger partial charge < -0.3 is 5.73 Å². The average Bonchev–Trinajstić information content (AvgIpc) is 2.33. The number of aromatic nitrogens is 2. The molecule has 1 aromatic carbocycles. The lowest BCUT2D eigenvalue weighted by Gasteiger charge is -2.10. The highest BCUT2D eigenvalue weighted by molar-refractivity contribution is 6.30. The number of nitrogens with two attached hydrogens (primary N) is 1. The number of halogens is 1. The van der Waals surface area contributed by atoms with E-state index in [9.17, 15) is 0 Å². The summed E-state index contributed by atoms with van der Waals surface area (Å²) in [5.74, 6) is 0. The minimum absolute atomic E-state index is 0.130. The van der Waals surface area contributed by atoms with Crippen molar-refractivity contribution in [3.05, 3.63) is 59.1 Å². The third-order valence-corrected chi connectivity index (χ3v) is 2.58. The second kappa shape index (κ2) is 5.05. The van der Waals surface area contributed by atoms with Gasteiger partial charge in [0.25, 0.3) is 0 Å². The lowest BCUT2D eigenvalue weighted by atomic mass is 10.0. The van der Waals surface area contributed by atoms with Crippen molar-refractivity contribution in [2.45, 2.75) is 12.5 Å². The van der Waals surface area contributed by atoms with E-state index in [2.05, 4.69) is 9.97 Å². The molecule has 2 rings (SSSR count). The SMILES string of the molecule is NC(Cc1ccc(Cl)cc1)c1cnccn1. The minimum Gasteiger partial charge on any atom is -0.322 e. The highest BCUT2D eigenvalue weighted by Gasteiger charge is 2.08. The van der Waals surface area contributed by atoms with Crippen molar-refractivity contribution < 1.29 is 0 Å². The van der Waals surface area contributed by atoms with E-state index in [-0.39, 0.29) is 6.04 Å². The molecule has 0 aliphatic rings. The van der Waals surface area contributed by atoms with Gasteiger partial charge in [0.05, 0.1) is 11.7 Å². The molecule has 2 N–H and O–H groups in total. The van der Waals surface area contributed by atoms with Gasteiger partial charge in [-0.2, -0.15) is 0 Å². The van der Waals surface area contributed by atoms with Crippen molar-refractivity contribution in [1.82, 2.24) is 9.97 Å². The van der Waals surface area contributed by atoms with Crippen molar-refractivity contribution in [3.8, 4) is 0 Å². The van der Waals surface area contributed by atoms with Crippen LogP contribution in [0.4, 0.5) is 0 Å². The summed E-state index contributed by atoms with van der Waals surface area (Å²) in [5.41, 5.74) is 7.97. The summed E-state index contributed by atoms with van der Waals surface area (Å²) in [4.78, 5) is 8.18. The molecule has 4 heteroatoms. The van der Waals surface area contributed by atoms with Gasteiger partial charge in [-0.15, -0.1) is 0 Å². The third kappa shape index (κ3) is 2.78. The molecule has 3 nitrogen and oxygen atoms in total. The summed E-state index contributed by atoms with van der Waals surface area (Å²) >= 11 is 5.81. The lowest BCUT2D eigenvalue weighted by molar-refractivity contribution is 0.691. The van der Waals surface area contributed by atoms with Gasteiger partial charge >= 0.3 is 0 Å². The van der Waals surface area contributed by atoms with Crippen LogP contribution in [0.15, 0.2) is 42.9 Å². The van der Waals surface area contributed by atoms with Crippen molar-refractivity contribution in [3.63, 3.8) is 0 Å². The fraction of sp³-hybridized carbons (Fsp3) is 0.167. The highest BCUT2D eigenvalue weighted by atomic mass is 35.5. The maximum Gasteiger partial charge on any atom is 0.0757 e. The van der Waals surface area contributed by atoms with Gasteiger partial charge in [0.15, 0.2) is 0 Å². The monoisotopic (exact) mass is 233 g/mol. The maximum absolute atomic E-state index is 6.03. The van der Waals surface area contributed by atoms with Gasteiger partial charge in [0, 0.05) is 23.6 Å². The topological polar surface area (TPSA) is 51.8 Å². The molecule has 1 heterocycles. The Kier molecular flexibility index (Phi) is 3.49. The zero-order valence-corrected chi connectivity index (χ0v) is 9.43. The zero-order chi connectivity index (χ0) is 11.4. The predicted molar refractivity (Wildman–Crippen MR) is 64.1 cm³/mol. The number of hydrogen-bond acceptors (Lipinski definition) is 3. The summed E-state index contributed by atoms with van der Waals surface area (Å²) in [5, 5.41) is 0.733. The zero-order valence-electron chi connectivity index (χ0n) is 8.68. The second-order valence-electron chi connectivity index (χ2n) is 3.57. The van der Waals surface area contributed by atoms with E-state index in [0.717, 1.165) is 22.7 Å². The summed E-state index contributed by atoms with van der Waals surface area (Å²) in [6.07, 6.45) is 5.71. The largest absolute Gasteiger partial charge is 0.322 e. The molecule has 0 aliphatic heterocycles. The van der Waals surface area contributed by atoms with Crippen LogP contribution in [0.2, 0.25) is 5.02 Å². The van der Waals surface area contributed by atoms with Crippen LogP contribution >= 0.6 is 11.6 Å². The molecule has 0 saturated heterocycles.